The Bertz CT molecular complexity index is 421. The molecule has 0 radical (unpaired) electrons. The molecule has 112 valence electrons. The van der Waals surface area contributed by atoms with Crippen LogP contribution in [0.4, 0.5) is 4.39 Å². The Morgan fingerprint density at radius 3 is 2.85 bits per heavy atom. The summed E-state index contributed by atoms with van der Waals surface area (Å²) in [6, 6.07) is 5.73. The molecule has 1 aromatic carbocycles. The summed E-state index contributed by atoms with van der Waals surface area (Å²) in [5.74, 6) is 0.947. The van der Waals surface area contributed by atoms with E-state index >= 15 is 0 Å². The molecule has 2 rings (SSSR count). The fourth-order valence-electron chi connectivity index (χ4n) is 2.76. The maximum absolute atomic E-state index is 13.6. The molecule has 1 fully saturated rings. The van der Waals surface area contributed by atoms with E-state index < -0.39 is 0 Å². The molecule has 1 atom stereocenters. The largest absolute Gasteiger partial charge is 0.313 e. The highest BCUT2D eigenvalue weighted by Gasteiger charge is 2.18. The minimum atomic E-state index is -0.166. The lowest BCUT2D eigenvalue weighted by atomic mass is 10.1. The molecule has 1 unspecified atom stereocenters. The van der Waals surface area contributed by atoms with Crippen molar-refractivity contribution in [3.8, 4) is 0 Å². The van der Waals surface area contributed by atoms with Gasteiger partial charge in [0.1, 0.15) is 5.82 Å². The van der Waals surface area contributed by atoms with Gasteiger partial charge in [-0.15, -0.1) is 0 Å². The monoisotopic (exact) mass is 359 g/mol. The average molecular weight is 360 g/mol. The first-order valence-corrected chi connectivity index (χ1v) is 9.32. The van der Waals surface area contributed by atoms with Crippen LogP contribution in [0.1, 0.15) is 38.2 Å². The zero-order valence-corrected chi connectivity index (χ0v) is 14.4. The fourth-order valence-corrected chi connectivity index (χ4v) is 4.59. The van der Waals surface area contributed by atoms with E-state index in [9.17, 15) is 4.39 Å². The highest BCUT2D eigenvalue weighted by Crippen LogP contribution is 2.30. The van der Waals surface area contributed by atoms with Crippen LogP contribution in [0.25, 0.3) is 0 Å². The Labute approximate surface area is 134 Å². The van der Waals surface area contributed by atoms with Crippen molar-refractivity contribution in [3.63, 3.8) is 0 Å². The molecule has 4 heteroatoms. The molecule has 1 N–H and O–H groups in total. The summed E-state index contributed by atoms with van der Waals surface area (Å²) < 4.78 is 14.2. The van der Waals surface area contributed by atoms with E-state index in [1.54, 1.807) is 6.07 Å². The van der Waals surface area contributed by atoms with Gasteiger partial charge in [0.15, 0.2) is 0 Å². The van der Waals surface area contributed by atoms with Gasteiger partial charge in [-0.25, -0.2) is 4.39 Å². The number of rotatable bonds is 7. The Hall–Kier alpha value is -0.0600. The van der Waals surface area contributed by atoms with Crippen LogP contribution >= 0.6 is 27.7 Å². The van der Waals surface area contributed by atoms with E-state index in [4.69, 9.17) is 0 Å². The third-order valence-electron chi connectivity index (χ3n) is 3.83. The van der Waals surface area contributed by atoms with Crippen LogP contribution in [0.15, 0.2) is 22.7 Å². The topological polar surface area (TPSA) is 12.0 Å². The zero-order valence-electron chi connectivity index (χ0n) is 12.0. The summed E-state index contributed by atoms with van der Waals surface area (Å²) in [6.45, 7) is 3.09. The lowest BCUT2D eigenvalue weighted by Crippen LogP contribution is -2.34. The van der Waals surface area contributed by atoms with Gasteiger partial charge in [-0.1, -0.05) is 31.9 Å². The van der Waals surface area contributed by atoms with Gasteiger partial charge in [0, 0.05) is 17.0 Å². The molecular formula is C16H23BrFNS. The quantitative estimate of drug-likeness (QED) is 0.751. The predicted octanol–water partition coefficient (Wildman–Crippen LogP) is 4.78. The van der Waals surface area contributed by atoms with Crippen molar-refractivity contribution in [1.82, 2.24) is 5.32 Å². The van der Waals surface area contributed by atoms with Crippen LogP contribution in [0, 0.1) is 5.82 Å². The second-order valence-corrected chi connectivity index (χ2v) is 7.54. The molecule has 0 amide bonds. The number of benzene rings is 1. The van der Waals surface area contributed by atoms with Crippen LogP contribution in [-0.2, 0) is 6.42 Å². The Balaban J connectivity index is 1.92. The van der Waals surface area contributed by atoms with Crippen molar-refractivity contribution >= 4 is 27.7 Å². The van der Waals surface area contributed by atoms with Crippen molar-refractivity contribution in [1.29, 1.82) is 0 Å². The maximum Gasteiger partial charge on any atom is 0.137 e. The molecule has 1 aromatic rings. The highest BCUT2D eigenvalue weighted by molar-refractivity contribution is 9.10. The normalized spacial score (nSPS) is 17.6. The minimum absolute atomic E-state index is 0.166. The summed E-state index contributed by atoms with van der Waals surface area (Å²) in [6.07, 6.45) is 6.39. The predicted molar refractivity (Wildman–Crippen MR) is 90.0 cm³/mol. The number of hydrogen-bond acceptors (Lipinski definition) is 2. The van der Waals surface area contributed by atoms with Crippen molar-refractivity contribution in [2.24, 2.45) is 0 Å². The molecule has 1 aliphatic rings. The molecule has 1 saturated carbocycles. The molecule has 0 aliphatic heterocycles. The first-order valence-electron chi connectivity index (χ1n) is 7.48. The Kier molecular flexibility index (Phi) is 6.85. The average Bonchev–Trinajstić information content (AvgIpc) is 2.94. The van der Waals surface area contributed by atoms with E-state index in [1.165, 1.54) is 31.7 Å². The molecule has 0 saturated heterocycles. The van der Waals surface area contributed by atoms with Crippen LogP contribution in [0.2, 0.25) is 0 Å². The van der Waals surface area contributed by atoms with Crippen LogP contribution < -0.4 is 5.32 Å². The SMILES string of the molecule is CCNC(CSC1CCCC1)Cc1cccc(F)c1Br. The van der Waals surface area contributed by atoms with Gasteiger partial charge in [-0.2, -0.15) is 11.8 Å². The van der Waals surface area contributed by atoms with E-state index in [1.807, 2.05) is 6.07 Å². The second kappa shape index (κ2) is 8.40. The van der Waals surface area contributed by atoms with Crippen LogP contribution in [-0.4, -0.2) is 23.6 Å². The number of likely N-dealkylation sites (N-methyl/N-ethyl adjacent to an activating group) is 1. The number of hydrogen-bond donors (Lipinski definition) is 1. The molecule has 0 aromatic heterocycles. The zero-order chi connectivity index (χ0) is 14.4. The highest BCUT2D eigenvalue weighted by atomic mass is 79.9. The molecule has 20 heavy (non-hydrogen) atoms. The summed E-state index contributed by atoms with van der Waals surface area (Å²) in [7, 11) is 0. The Morgan fingerprint density at radius 1 is 1.40 bits per heavy atom. The first kappa shape index (κ1) is 16.3. The Morgan fingerprint density at radius 2 is 2.15 bits per heavy atom. The van der Waals surface area contributed by atoms with Gasteiger partial charge >= 0.3 is 0 Å². The minimum Gasteiger partial charge on any atom is -0.313 e. The molecule has 1 nitrogen and oxygen atoms in total. The standard InChI is InChI=1S/C16H23BrFNS/c1-2-19-13(11-20-14-7-3-4-8-14)10-12-6-5-9-15(18)16(12)17/h5-6,9,13-14,19H,2-4,7-8,10-11H2,1H3. The van der Waals surface area contributed by atoms with Gasteiger partial charge in [0.25, 0.3) is 0 Å². The van der Waals surface area contributed by atoms with Gasteiger partial charge in [-0.3, -0.25) is 0 Å². The van der Waals surface area contributed by atoms with E-state index in [-0.39, 0.29) is 5.82 Å². The van der Waals surface area contributed by atoms with Gasteiger partial charge < -0.3 is 5.32 Å². The molecule has 0 spiro atoms. The number of halogens is 2. The van der Waals surface area contributed by atoms with E-state index in [0.717, 1.165) is 29.5 Å². The molecular weight excluding hydrogens is 337 g/mol. The smallest absolute Gasteiger partial charge is 0.137 e. The van der Waals surface area contributed by atoms with Crippen molar-refractivity contribution in [2.45, 2.75) is 50.3 Å². The summed E-state index contributed by atoms with van der Waals surface area (Å²) >= 11 is 5.46. The van der Waals surface area contributed by atoms with E-state index in [0.29, 0.717) is 10.5 Å². The fraction of sp³-hybridized carbons (Fsp3) is 0.625. The summed E-state index contributed by atoms with van der Waals surface area (Å²) in [5.41, 5.74) is 1.06. The summed E-state index contributed by atoms with van der Waals surface area (Å²) in [5, 5.41) is 4.38. The van der Waals surface area contributed by atoms with Crippen molar-refractivity contribution in [3.05, 3.63) is 34.1 Å². The third-order valence-corrected chi connectivity index (χ3v) is 6.25. The maximum atomic E-state index is 13.6. The second-order valence-electron chi connectivity index (χ2n) is 5.41. The molecule has 0 bridgehead atoms. The van der Waals surface area contributed by atoms with Gasteiger partial charge in [0.2, 0.25) is 0 Å². The first-order chi connectivity index (χ1) is 9.70. The van der Waals surface area contributed by atoms with Crippen LogP contribution in [0.3, 0.4) is 0 Å². The van der Waals surface area contributed by atoms with Crippen molar-refractivity contribution < 1.29 is 4.39 Å². The number of nitrogens with one attached hydrogen (secondary N) is 1. The van der Waals surface area contributed by atoms with Crippen molar-refractivity contribution in [2.75, 3.05) is 12.3 Å². The van der Waals surface area contributed by atoms with Crippen LogP contribution in [0.5, 0.6) is 0 Å². The number of thioether (sulfide) groups is 1. The van der Waals surface area contributed by atoms with Gasteiger partial charge in [0.05, 0.1) is 4.47 Å². The lowest BCUT2D eigenvalue weighted by molar-refractivity contribution is 0.565. The molecule has 1 aliphatic carbocycles. The summed E-state index contributed by atoms with van der Waals surface area (Å²) in [4.78, 5) is 0. The van der Waals surface area contributed by atoms with Gasteiger partial charge in [-0.05, 0) is 53.4 Å². The lowest BCUT2D eigenvalue weighted by Gasteiger charge is -2.20. The molecule has 0 heterocycles. The third kappa shape index (κ3) is 4.74. The van der Waals surface area contributed by atoms with E-state index in [2.05, 4.69) is 39.9 Å².